The van der Waals surface area contributed by atoms with Gasteiger partial charge in [0.2, 0.25) is 5.91 Å². The van der Waals surface area contributed by atoms with E-state index in [-0.39, 0.29) is 23.8 Å². The minimum absolute atomic E-state index is 0.0101. The molecule has 0 saturated heterocycles. The second kappa shape index (κ2) is 6.56. The molecule has 0 unspecified atom stereocenters. The third-order valence-corrected chi connectivity index (χ3v) is 5.43. The Bertz CT molecular complexity index is 960. The number of carboxylic acid groups (broad SMARTS) is 1. The van der Waals surface area contributed by atoms with Gasteiger partial charge in [0, 0.05) is 18.9 Å². The second-order valence-electron chi connectivity index (χ2n) is 6.76. The zero-order valence-electron chi connectivity index (χ0n) is 14.2. The average Bonchev–Trinajstić information content (AvgIpc) is 3.08. The molecule has 0 atom stereocenters. The summed E-state index contributed by atoms with van der Waals surface area (Å²) in [6.45, 7) is 0. The Balaban J connectivity index is 1.76. The highest BCUT2D eigenvalue weighted by Crippen LogP contribution is 2.49. The molecule has 2 N–H and O–H groups in total. The highest BCUT2D eigenvalue weighted by atomic mass is 32.2. The van der Waals surface area contributed by atoms with Crippen molar-refractivity contribution < 1.29 is 23.1 Å². The number of benzene rings is 1. The SMILES string of the molecule is CS(=O)(=O)CC1(CC(=O)Nc2ccccc2-n2ccc(C(=O)O)n2)CC1. The summed E-state index contributed by atoms with van der Waals surface area (Å²) in [6, 6.07) is 8.25. The first kappa shape index (κ1) is 18.1. The van der Waals surface area contributed by atoms with E-state index in [1.165, 1.54) is 23.2 Å². The highest BCUT2D eigenvalue weighted by molar-refractivity contribution is 7.90. The summed E-state index contributed by atoms with van der Waals surface area (Å²) in [5.41, 5.74) is 0.444. The van der Waals surface area contributed by atoms with Crippen LogP contribution in [0.5, 0.6) is 0 Å². The van der Waals surface area contributed by atoms with Crippen LogP contribution in [0.2, 0.25) is 0 Å². The smallest absolute Gasteiger partial charge is 0.356 e. The van der Waals surface area contributed by atoms with Gasteiger partial charge in [-0.1, -0.05) is 12.1 Å². The van der Waals surface area contributed by atoms with Crippen LogP contribution >= 0.6 is 0 Å². The lowest BCUT2D eigenvalue weighted by Crippen LogP contribution is -2.23. The fourth-order valence-electron chi connectivity index (χ4n) is 2.99. The maximum absolute atomic E-state index is 12.4. The Morgan fingerprint density at radius 3 is 2.54 bits per heavy atom. The first-order chi connectivity index (χ1) is 12.2. The molecule has 0 spiro atoms. The standard InChI is InChI=1S/C17H19N3O5S/c1-26(24,25)11-17(7-8-17)10-15(21)18-12-4-2-3-5-14(12)20-9-6-13(19-20)16(22)23/h2-6,9H,7-8,10-11H2,1H3,(H,18,21)(H,22,23). The predicted molar refractivity (Wildman–Crippen MR) is 95.1 cm³/mol. The molecule has 2 aromatic rings. The number of amides is 1. The van der Waals surface area contributed by atoms with Gasteiger partial charge in [0.05, 0.1) is 17.1 Å². The number of aromatic carboxylic acids is 1. The van der Waals surface area contributed by atoms with Crippen molar-refractivity contribution in [2.45, 2.75) is 19.3 Å². The molecule has 1 amide bonds. The Morgan fingerprint density at radius 2 is 1.96 bits per heavy atom. The van der Waals surface area contributed by atoms with E-state index in [2.05, 4.69) is 10.4 Å². The summed E-state index contributed by atoms with van der Waals surface area (Å²) in [6.07, 6.45) is 4.25. The Labute approximate surface area is 150 Å². The minimum Gasteiger partial charge on any atom is -0.476 e. The zero-order valence-corrected chi connectivity index (χ0v) is 15.0. The van der Waals surface area contributed by atoms with E-state index >= 15 is 0 Å². The fraction of sp³-hybridized carbons (Fsp3) is 0.353. The number of aromatic nitrogens is 2. The molecule has 1 fully saturated rings. The first-order valence-corrected chi connectivity index (χ1v) is 10.1. The molecule has 9 heteroatoms. The van der Waals surface area contributed by atoms with Gasteiger partial charge in [0.15, 0.2) is 5.69 Å². The Morgan fingerprint density at radius 1 is 1.27 bits per heavy atom. The third kappa shape index (κ3) is 4.29. The van der Waals surface area contributed by atoms with Crippen molar-refractivity contribution in [3.8, 4) is 5.69 Å². The normalized spacial score (nSPS) is 15.4. The van der Waals surface area contributed by atoms with Gasteiger partial charge in [0.25, 0.3) is 0 Å². The summed E-state index contributed by atoms with van der Waals surface area (Å²) in [7, 11) is -3.14. The van der Waals surface area contributed by atoms with E-state index in [9.17, 15) is 18.0 Å². The number of hydrogen-bond donors (Lipinski definition) is 2. The lowest BCUT2D eigenvalue weighted by Gasteiger charge is -2.15. The summed E-state index contributed by atoms with van der Waals surface area (Å²) in [4.78, 5) is 23.4. The molecule has 3 rings (SSSR count). The van der Waals surface area contributed by atoms with Gasteiger partial charge in [-0.25, -0.2) is 17.9 Å². The highest BCUT2D eigenvalue weighted by Gasteiger charge is 2.46. The number of carbonyl (C=O) groups is 2. The molecule has 0 bridgehead atoms. The molecule has 8 nitrogen and oxygen atoms in total. The van der Waals surface area contributed by atoms with Gasteiger partial charge < -0.3 is 10.4 Å². The van der Waals surface area contributed by atoms with Crippen molar-refractivity contribution in [1.82, 2.24) is 9.78 Å². The topological polar surface area (TPSA) is 118 Å². The maximum atomic E-state index is 12.4. The number of carboxylic acids is 1. The zero-order chi connectivity index (χ0) is 18.9. The quantitative estimate of drug-likeness (QED) is 0.758. The van der Waals surface area contributed by atoms with Crippen LogP contribution in [-0.4, -0.2) is 47.2 Å². The van der Waals surface area contributed by atoms with E-state index in [0.29, 0.717) is 11.4 Å². The van der Waals surface area contributed by atoms with Crippen LogP contribution in [0.4, 0.5) is 5.69 Å². The molecule has 1 aliphatic rings. The molecule has 1 saturated carbocycles. The summed E-state index contributed by atoms with van der Waals surface area (Å²) in [5.74, 6) is -1.40. The summed E-state index contributed by atoms with van der Waals surface area (Å²) >= 11 is 0. The predicted octanol–water partition coefficient (Wildman–Crippen LogP) is 1.72. The number of para-hydroxylation sites is 2. The van der Waals surface area contributed by atoms with Gasteiger partial charge in [-0.3, -0.25) is 4.79 Å². The fourth-order valence-corrected chi connectivity index (χ4v) is 4.49. The van der Waals surface area contributed by atoms with Crippen molar-refractivity contribution in [2.75, 3.05) is 17.3 Å². The first-order valence-electron chi connectivity index (χ1n) is 8.03. The minimum atomic E-state index is -3.14. The molecule has 0 aliphatic heterocycles. The number of nitrogens with zero attached hydrogens (tertiary/aromatic N) is 2. The lowest BCUT2D eigenvalue weighted by molar-refractivity contribution is -0.117. The van der Waals surface area contributed by atoms with Crippen molar-refractivity contribution in [3.63, 3.8) is 0 Å². The number of sulfone groups is 1. The van der Waals surface area contributed by atoms with Gasteiger partial charge in [0.1, 0.15) is 9.84 Å². The van der Waals surface area contributed by atoms with Crippen LogP contribution in [0.25, 0.3) is 5.69 Å². The summed E-state index contributed by atoms with van der Waals surface area (Å²) < 4.78 is 24.4. The number of nitrogens with one attached hydrogen (secondary N) is 1. The summed E-state index contributed by atoms with van der Waals surface area (Å²) in [5, 5.41) is 15.7. The largest absolute Gasteiger partial charge is 0.476 e. The van der Waals surface area contributed by atoms with Crippen LogP contribution < -0.4 is 5.32 Å². The monoisotopic (exact) mass is 377 g/mol. The van der Waals surface area contributed by atoms with Gasteiger partial charge in [-0.15, -0.1) is 0 Å². The molecule has 1 aromatic heterocycles. The maximum Gasteiger partial charge on any atom is 0.356 e. The van der Waals surface area contributed by atoms with Crippen molar-refractivity contribution >= 4 is 27.4 Å². The molecule has 26 heavy (non-hydrogen) atoms. The van der Waals surface area contributed by atoms with Gasteiger partial charge >= 0.3 is 5.97 Å². The Kier molecular flexibility index (Phi) is 4.57. The molecule has 138 valence electrons. The van der Waals surface area contributed by atoms with Gasteiger partial charge in [-0.2, -0.15) is 5.10 Å². The van der Waals surface area contributed by atoms with Crippen molar-refractivity contribution in [2.24, 2.45) is 5.41 Å². The van der Waals surface area contributed by atoms with E-state index in [0.717, 1.165) is 12.8 Å². The third-order valence-electron chi connectivity index (χ3n) is 4.29. The van der Waals surface area contributed by atoms with Gasteiger partial charge in [-0.05, 0) is 36.5 Å². The van der Waals surface area contributed by atoms with Crippen LogP contribution in [-0.2, 0) is 14.6 Å². The molecule has 0 radical (unpaired) electrons. The molecule has 1 aliphatic carbocycles. The second-order valence-corrected chi connectivity index (χ2v) is 8.90. The molecular weight excluding hydrogens is 358 g/mol. The number of carbonyl (C=O) groups excluding carboxylic acids is 1. The molecule has 1 heterocycles. The average molecular weight is 377 g/mol. The van der Waals surface area contributed by atoms with Crippen LogP contribution in [0.1, 0.15) is 29.8 Å². The van der Waals surface area contributed by atoms with E-state index in [1.807, 2.05) is 0 Å². The van der Waals surface area contributed by atoms with Crippen molar-refractivity contribution in [1.29, 1.82) is 0 Å². The van der Waals surface area contributed by atoms with E-state index < -0.39 is 21.2 Å². The number of anilines is 1. The number of rotatable bonds is 7. The lowest BCUT2D eigenvalue weighted by atomic mass is 10.1. The molecule has 1 aromatic carbocycles. The van der Waals surface area contributed by atoms with Crippen LogP contribution in [0.15, 0.2) is 36.5 Å². The van der Waals surface area contributed by atoms with E-state index in [1.54, 1.807) is 24.3 Å². The van der Waals surface area contributed by atoms with E-state index in [4.69, 9.17) is 5.11 Å². The molecular formula is C17H19N3O5S. The van der Waals surface area contributed by atoms with Crippen LogP contribution in [0.3, 0.4) is 0 Å². The van der Waals surface area contributed by atoms with Crippen LogP contribution in [0, 0.1) is 5.41 Å². The number of hydrogen-bond acceptors (Lipinski definition) is 5. The Hall–Kier alpha value is -2.68. The van der Waals surface area contributed by atoms with Crippen molar-refractivity contribution in [3.05, 3.63) is 42.2 Å².